The van der Waals surface area contributed by atoms with Crippen LogP contribution in [0.4, 0.5) is 4.79 Å². The Labute approximate surface area is 170 Å². The minimum absolute atomic E-state index is 0.0182. The number of hydrogen-bond donors (Lipinski definition) is 3. The van der Waals surface area contributed by atoms with E-state index in [0.717, 1.165) is 12.8 Å². The van der Waals surface area contributed by atoms with Crippen LogP contribution in [0.5, 0.6) is 0 Å². The van der Waals surface area contributed by atoms with E-state index in [1.54, 1.807) is 20.8 Å². The molecule has 0 aliphatic heterocycles. The maximum atomic E-state index is 12.4. The normalized spacial score (nSPS) is 18.6. The van der Waals surface area contributed by atoms with Crippen molar-refractivity contribution in [2.75, 3.05) is 13.2 Å². The number of hydrogen-bond acceptors (Lipinski definition) is 6. The molecule has 3 atom stereocenters. The second-order valence-electron chi connectivity index (χ2n) is 10.2. The third-order valence-electron chi connectivity index (χ3n) is 5.54. The Balaban J connectivity index is 3.14. The Morgan fingerprint density at radius 2 is 1.86 bits per heavy atom. The molecule has 1 rings (SSSR count). The van der Waals surface area contributed by atoms with Crippen LogP contribution in [0.2, 0.25) is 18.1 Å². The molecule has 1 fully saturated rings. The number of ether oxygens (including phenoxy) is 1. The van der Waals surface area contributed by atoms with E-state index in [-0.39, 0.29) is 17.6 Å². The van der Waals surface area contributed by atoms with Crippen molar-refractivity contribution in [1.29, 1.82) is 5.53 Å². The van der Waals surface area contributed by atoms with E-state index >= 15 is 0 Å². The number of aliphatic hydroxyl groups is 1. The highest BCUT2D eigenvalue weighted by Crippen LogP contribution is 2.44. The molecule has 1 aliphatic rings. The number of aliphatic hydroxyl groups excluding tert-OH is 1. The fraction of sp³-hybridized carbons (Fsp3) is 0.947. The largest absolute Gasteiger partial charge is 0.444 e. The summed E-state index contributed by atoms with van der Waals surface area (Å²) in [6, 6.07) is -0.615. The van der Waals surface area contributed by atoms with Gasteiger partial charge in [0.1, 0.15) is 22.8 Å². The van der Waals surface area contributed by atoms with E-state index in [2.05, 4.69) is 49.2 Å². The summed E-state index contributed by atoms with van der Waals surface area (Å²) in [6.07, 6.45) is 1.11. The summed E-state index contributed by atoms with van der Waals surface area (Å²) in [5, 5.41) is 16.8. The number of nitrogens with one attached hydrogen (secondary N) is 2. The summed E-state index contributed by atoms with van der Waals surface area (Å²) in [7, 11) is -2.19. The van der Waals surface area contributed by atoms with Crippen LogP contribution >= 0.6 is 0 Å². The van der Waals surface area contributed by atoms with Gasteiger partial charge in [0, 0.05) is 5.92 Å². The molecule has 28 heavy (non-hydrogen) atoms. The summed E-state index contributed by atoms with van der Waals surface area (Å²) in [6.45, 7) is 16.2. The van der Waals surface area contributed by atoms with Gasteiger partial charge in [-0.3, -0.25) is 0 Å². The number of carbonyl (C=O) groups excluding carboxylic acids is 1. The summed E-state index contributed by atoms with van der Waals surface area (Å²) in [5.74, 6) is 0.380. The molecule has 8 nitrogen and oxygen atoms in total. The van der Waals surface area contributed by atoms with Crippen molar-refractivity contribution in [3.05, 3.63) is 0 Å². The number of amides is 1. The van der Waals surface area contributed by atoms with Gasteiger partial charge in [0.2, 0.25) is 4.91 Å². The number of nitrogens with zero attached hydrogens (tertiary/aromatic N) is 2. The lowest BCUT2D eigenvalue weighted by molar-refractivity contribution is 0.0220. The summed E-state index contributed by atoms with van der Waals surface area (Å²) in [4.78, 5) is 15.5. The molecule has 0 aromatic carbocycles. The van der Waals surface area contributed by atoms with Gasteiger partial charge in [0.05, 0.1) is 18.8 Å². The zero-order chi connectivity index (χ0) is 21.8. The third kappa shape index (κ3) is 7.62. The highest BCUT2D eigenvalue weighted by Gasteiger charge is 2.47. The van der Waals surface area contributed by atoms with Crippen molar-refractivity contribution in [3.63, 3.8) is 0 Å². The monoisotopic (exact) mass is 415 g/mol. The molecule has 1 aliphatic carbocycles. The van der Waals surface area contributed by atoms with Crippen LogP contribution in [0.25, 0.3) is 0 Å². The second kappa shape index (κ2) is 9.48. The molecule has 0 bridgehead atoms. The lowest BCUT2D eigenvalue weighted by Crippen LogP contribution is -2.57. The zero-order valence-electron chi connectivity index (χ0n) is 18.7. The average Bonchev–Trinajstić information content (AvgIpc) is 3.33. The summed E-state index contributed by atoms with van der Waals surface area (Å²) in [5.41, 5.74) is 6.40. The first kappa shape index (κ1) is 24.8. The third-order valence-corrected chi connectivity index (χ3v) is 10.0. The Morgan fingerprint density at radius 3 is 2.25 bits per heavy atom. The standard InChI is InChI=1S/C19H38N4O4Si/c1-18(2,3)26-17(25)22-15(12-24)16(27-28(7,8)19(4,5)6)14(11-21-23-20)13-9-10-13/h13-16,20,24H,9-12H2,1-8H3/p+1/t14-,15-,16-/m1/s1. The van der Waals surface area contributed by atoms with E-state index in [1.807, 2.05) is 0 Å². The van der Waals surface area contributed by atoms with Gasteiger partial charge in [0.25, 0.3) is 0 Å². The zero-order valence-corrected chi connectivity index (χ0v) is 19.7. The van der Waals surface area contributed by atoms with Gasteiger partial charge in [-0.15, -0.1) is 0 Å². The van der Waals surface area contributed by atoms with Gasteiger partial charge in [-0.05, 0) is 57.7 Å². The van der Waals surface area contributed by atoms with Crippen molar-refractivity contribution in [1.82, 2.24) is 10.2 Å². The Bertz CT molecular complexity index is 575. The predicted octanol–water partition coefficient (Wildman–Crippen LogP) is 3.84. The Morgan fingerprint density at radius 1 is 1.29 bits per heavy atom. The Hall–Kier alpha value is -1.28. The fourth-order valence-corrected chi connectivity index (χ4v) is 4.23. The van der Waals surface area contributed by atoms with Crippen LogP contribution in [-0.2, 0) is 9.16 Å². The molecular weight excluding hydrogens is 376 g/mol. The van der Waals surface area contributed by atoms with Gasteiger partial charge < -0.3 is 19.6 Å². The average molecular weight is 416 g/mol. The van der Waals surface area contributed by atoms with Gasteiger partial charge in [-0.2, -0.15) is 0 Å². The molecule has 162 valence electrons. The molecule has 1 amide bonds. The number of alkyl carbamates (subject to hydrolysis) is 1. The second-order valence-corrected chi connectivity index (χ2v) is 15.0. The molecule has 0 aromatic rings. The topological polar surface area (TPSA) is 118 Å². The van der Waals surface area contributed by atoms with Gasteiger partial charge in [-0.1, -0.05) is 20.8 Å². The maximum absolute atomic E-state index is 12.4. The highest BCUT2D eigenvalue weighted by atomic mass is 28.4. The molecule has 0 heterocycles. The first-order valence-corrected chi connectivity index (χ1v) is 12.9. The van der Waals surface area contributed by atoms with Crippen LogP contribution in [0.1, 0.15) is 54.4 Å². The molecule has 9 heteroatoms. The van der Waals surface area contributed by atoms with Gasteiger partial charge in [-0.25, -0.2) is 4.79 Å². The summed E-state index contributed by atoms with van der Waals surface area (Å²) < 4.78 is 12.1. The van der Waals surface area contributed by atoms with Crippen molar-refractivity contribution in [2.45, 2.75) is 90.3 Å². The predicted molar refractivity (Wildman–Crippen MR) is 111 cm³/mol. The lowest BCUT2D eigenvalue weighted by atomic mass is 9.92. The van der Waals surface area contributed by atoms with Crippen LogP contribution in [0, 0.1) is 17.4 Å². The van der Waals surface area contributed by atoms with E-state index in [9.17, 15) is 9.90 Å². The van der Waals surface area contributed by atoms with Crippen molar-refractivity contribution in [2.24, 2.45) is 17.0 Å². The van der Waals surface area contributed by atoms with E-state index in [1.165, 1.54) is 0 Å². The van der Waals surface area contributed by atoms with Gasteiger partial charge >= 0.3 is 6.09 Å². The number of rotatable bonds is 9. The quantitative estimate of drug-likeness (QED) is 0.301. The number of carbonyl (C=O) groups is 1. The first-order chi connectivity index (χ1) is 12.7. The molecule has 1 saturated carbocycles. The van der Waals surface area contributed by atoms with Crippen LogP contribution in [-0.4, -0.2) is 50.4 Å². The smallest absolute Gasteiger partial charge is 0.408 e. The Kier molecular flexibility index (Phi) is 8.38. The minimum Gasteiger partial charge on any atom is -0.444 e. The molecule has 3 N–H and O–H groups in total. The van der Waals surface area contributed by atoms with E-state index in [4.69, 9.17) is 14.7 Å². The molecule has 0 radical (unpaired) electrons. The van der Waals surface area contributed by atoms with Gasteiger partial charge in [0.15, 0.2) is 8.32 Å². The molecular formula is C19H39N4O4Si+. The van der Waals surface area contributed by atoms with Crippen LogP contribution < -0.4 is 10.2 Å². The molecule has 0 unspecified atom stereocenters. The first-order valence-electron chi connectivity index (χ1n) is 10.0. The lowest BCUT2D eigenvalue weighted by Gasteiger charge is -2.43. The van der Waals surface area contributed by atoms with Crippen molar-refractivity contribution < 1.29 is 19.1 Å². The van der Waals surface area contributed by atoms with Crippen molar-refractivity contribution in [3.8, 4) is 0 Å². The molecule has 0 aromatic heterocycles. The molecule has 0 saturated heterocycles. The van der Waals surface area contributed by atoms with Crippen molar-refractivity contribution >= 4 is 14.4 Å². The fourth-order valence-electron chi connectivity index (χ4n) is 2.86. The van der Waals surface area contributed by atoms with E-state index in [0.29, 0.717) is 12.5 Å². The van der Waals surface area contributed by atoms with E-state index < -0.39 is 32.2 Å². The molecule has 0 spiro atoms. The van der Waals surface area contributed by atoms with Crippen LogP contribution in [0.15, 0.2) is 5.11 Å². The highest BCUT2D eigenvalue weighted by molar-refractivity contribution is 6.74. The minimum atomic E-state index is -2.19. The summed E-state index contributed by atoms with van der Waals surface area (Å²) >= 11 is 0. The van der Waals surface area contributed by atoms with Crippen LogP contribution in [0.3, 0.4) is 0 Å². The maximum Gasteiger partial charge on any atom is 0.408 e. The SMILES string of the molecule is CC(C)(C)OC(=O)N[C@H](CO)[C@H](O[Si](C)(C)C(C)(C)C)[C@H](CN=[N+]=N)C1CC1.